The van der Waals surface area contributed by atoms with Crippen LogP contribution < -0.4 is 5.32 Å². The third-order valence-corrected chi connectivity index (χ3v) is 5.18. The molecule has 2 unspecified atom stereocenters. The third kappa shape index (κ3) is 3.03. The highest BCUT2D eigenvalue weighted by Crippen LogP contribution is 2.44. The molecule has 17 heavy (non-hydrogen) atoms. The lowest BCUT2D eigenvalue weighted by Crippen LogP contribution is -2.52. The molecule has 1 heterocycles. The number of hydrogen-bond acceptors (Lipinski definition) is 2. The van der Waals surface area contributed by atoms with Crippen LogP contribution in [0.25, 0.3) is 0 Å². The highest BCUT2D eigenvalue weighted by atomic mass is 15.2. The molecule has 100 valence electrons. The highest BCUT2D eigenvalue weighted by molar-refractivity contribution is 4.92. The van der Waals surface area contributed by atoms with E-state index in [2.05, 4.69) is 31.0 Å². The van der Waals surface area contributed by atoms with Crippen LogP contribution in [-0.4, -0.2) is 37.1 Å². The normalized spacial score (nSPS) is 33.4. The van der Waals surface area contributed by atoms with Gasteiger partial charge in [-0.05, 0) is 50.1 Å². The van der Waals surface area contributed by atoms with Crippen molar-refractivity contribution < 1.29 is 0 Å². The fourth-order valence-electron chi connectivity index (χ4n) is 3.72. The maximum Gasteiger partial charge on any atom is 0.0117 e. The van der Waals surface area contributed by atoms with E-state index in [-0.39, 0.29) is 0 Å². The predicted octanol–water partition coefficient (Wildman–Crippen LogP) is 2.89. The maximum atomic E-state index is 3.63. The molecule has 0 aromatic heterocycles. The van der Waals surface area contributed by atoms with Crippen LogP contribution in [0.1, 0.15) is 52.9 Å². The molecule has 1 aliphatic carbocycles. The van der Waals surface area contributed by atoms with Gasteiger partial charge in [-0.3, -0.25) is 0 Å². The number of piperidine rings is 1. The quantitative estimate of drug-likeness (QED) is 0.792. The molecule has 2 nitrogen and oxygen atoms in total. The summed E-state index contributed by atoms with van der Waals surface area (Å²) in [7, 11) is 0. The van der Waals surface area contributed by atoms with E-state index in [1.54, 1.807) is 0 Å². The largest absolute Gasteiger partial charge is 0.314 e. The zero-order valence-corrected chi connectivity index (χ0v) is 12.0. The van der Waals surface area contributed by atoms with Crippen molar-refractivity contribution in [2.45, 2.75) is 58.9 Å². The summed E-state index contributed by atoms with van der Waals surface area (Å²) < 4.78 is 0. The van der Waals surface area contributed by atoms with E-state index in [4.69, 9.17) is 0 Å². The highest BCUT2D eigenvalue weighted by Gasteiger charge is 2.38. The molecule has 1 saturated heterocycles. The molecule has 1 aliphatic heterocycles. The van der Waals surface area contributed by atoms with Crippen LogP contribution in [0.2, 0.25) is 0 Å². The van der Waals surface area contributed by atoms with E-state index in [1.165, 1.54) is 51.7 Å². The SMILES string of the molecule is CCNC1CCN(CC2(CC)CCC2)CC1C. The van der Waals surface area contributed by atoms with Crippen molar-refractivity contribution in [3.63, 3.8) is 0 Å². The lowest BCUT2D eigenvalue weighted by molar-refractivity contribution is 0.0354. The predicted molar refractivity (Wildman–Crippen MR) is 74.3 cm³/mol. The van der Waals surface area contributed by atoms with Crippen molar-refractivity contribution >= 4 is 0 Å². The summed E-state index contributed by atoms with van der Waals surface area (Å²) in [5, 5.41) is 3.63. The summed E-state index contributed by atoms with van der Waals surface area (Å²) in [6, 6.07) is 0.759. The Morgan fingerprint density at radius 1 is 1.29 bits per heavy atom. The van der Waals surface area contributed by atoms with Crippen molar-refractivity contribution in [3.05, 3.63) is 0 Å². The van der Waals surface area contributed by atoms with Crippen molar-refractivity contribution in [1.29, 1.82) is 0 Å². The summed E-state index contributed by atoms with van der Waals surface area (Å²) >= 11 is 0. The van der Waals surface area contributed by atoms with Gasteiger partial charge in [-0.25, -0.2) is 0 Å². The monoisotopic (exact) mass is 238 g/mol. The molecule has 0 radical (unpaired) electrons. The molecule has 0 aromatic carbocycles. The van der Waals surface area contributed by atoms with Crippen LogP contribution in [0.5, 0.6) is 0 Å². The Morgan fingerprint density at radius 2 is 2.06 bits per heavy atom. The van der Waals surface area contributed by atoms with Crippen LogP contribution in [-0.2, 0) is 0 Å². The second-order valence-corrected chi connectivity index (χ2v) is 6.37. The zero-order chi connectivity index (χ0) is 12.3. The lowest BCUT2D eigenvalue weighted by atomic mass is 9.66. The van der Waals surface area contributed by atoms with E-state index in [0.29, 0.717) is 5.41 Å². The standard InChI is InChI=1S/C15H30N2/c1-4-15(8-6-9-15)12-17-10-7-14(16-5-2)13(3)11-17/h13-14,16H,4-12H2,1-3H3. The first-order chi connectivity index (χ1) is 8.19. The Bertz CT molecular complexity index is 230. The van der Waals surface area contributed by atoms with Gasteiger partial charge in [0.15, 0.2) is 0 Å². The molecular formula is C15H30N2. The van der Waals surface area contributed by atoms with Crippen LogP contribution >= 0.6 is 0 Å². The summed E-state index contributed by atoms with van der Waals surface area (Å²) in [5.74, 6) is 0.817. The van der Waals surface area contributed by atoms with Crippen LogP contribution in [0.3, 0.4) is 0 Å². The average Bonchev–Trinajstić information content (AvgIpc) is 2.27. The molecule has 0 aromatic rings. The molecule has 2 rings (SSSR count). The first-order valence-corrected chi connectivity index (χ1v) is 7.65. The van der Waals surface area contributed by atoms with Gasteiger partial charge < -0.3 is 10.2 Å². The topological polar surface area (TPSA) is 15.3 Å². The molecule has 0 amide bonds. The minimum Gasteiger partial charge on any atom is -0.314 e. The Labute approximate surface area is 107 Å². The molecule has 2 fully saturated rings. The Morgan fingerprint density at radius 3 is 2.53 bits per heavy atom. The average molecular weight is 238 g/mol. The van der Waals surface area contributed by atoms with Gasteiger partial charge in [-0.2, -0.15) is 0 Å². The summed E-state index contributed by atoms with van der Waals surface area (Å²) in [5.41, 5.74) is 0.699. The number of nitrogens with zero attached hydrogens (tertiary/aromatic N) is 1. The van der Waals surface area contributed by atoms with E-state index in [9.17, 15) is 0 Å². The Kier molecular flexibility index (Phi) is 4.48. The number of likely N-dealkylation sites (tertiary alicyclic amines) is 1. The van der Waals surface area contributed by atoms with Crippen LogP contribution in [0.4, 0.5) is 0 Å². The lowest BCUT2D eigenvalue weighted by Gasteiger charge is -2.47. The van der Waals surface area contributed by atoms with Crippen molar-refractivity contribution in [3.8, 4) is 0 Å². The van der Waals surface area contributed by atoms with Crippen LogP contribution in [0, 0.1) is 11.3 Å². The number of nitrogens with one attached hydrogen (secondary N) is 1. The van der Waals surface area contributed by atoms with Crippen molar-refractivity contribution in [1.82, 2.24) is 10.2 Å². The molecule has 0 spiro atoms. The summed E-state index contributed by atoms with van der Waals surface area (Å²) in [6.07, 6.45) is 7.15. The maximum absolute atomic E-state index is 3.63. The Hall–Kier alpha value is -0.0800. The number of rotatable bonds is 5. The fourth-order valence-corrected chi connectivity index (χ4v) is 3.72. The third-order valence-electron chi connectivity index (χ3n) is 5.18. The minimum absolute atomic E-state index is 0.699. The summed E-state index contributed by atoms with van der Waals surface area (Å²) in [4.78, 5) is 2.74. The second kappa shape index (κ2) is 5.71. The van der Waals surface area contributed by atoms with Crippen molar-refractivity contribution in [2.75, 3.05) is 26.2 Å². The molecular weight excluding hydrogens is 208 g/mol. The first-order valence-electron chi connectivity index (χ1n) is 7.65. The molecule has 2 atom stereocenters. The van der Waals surface area contributed by atoms with Gasteiger partial charge in [-0.1, -0.05) is 27.2 Å². The number of hydrogen-bond donors (Lipinski definition) is 1. The smallest absolute Gasteiger partial charge is 0.0117 e. The van der Waals surface area contributed by atoms with Crippen molar-refractivity contribution in [2.24, 2.45) is 11.3 Å². The summed E-state index contributed by atoms with van der Waals surface area (Å²) in [6.45, 7) is 12.1. The van der Waals surface area contributed by atoms with Gasteiger partial charge >= 0.3 is 0 Å². The van der Waals surface area contributed by atoms with E-state index < -0.39 is 0 Å². The van der Waals surface area contributed by atoms with Gasteiger partial charge in [0.2, 0.25) is 0 Å². The molecule has 0 bridgehead atoms. The van der Waals surface area contributed by atoms with E-state index >= 15 is 0 Å². The van der Waals surface area contributed by atoms with E-state index in [1.807, 2.05) is 0 Å². The van der Waals surface area contributed by atoms with Gasteiger partial charge in [0.25, 0.3) is 0 Å². The second-order valence-electron chi connectivity index (χ2n) is 6.37. The first kappa shape index (κ1) is 13.4. The van der Waals surface area contributed by atoms with Gasteiger partial charge in [0.1, 0.15) is 0 Å². The minimum atomic E-state index is 0.699. The zero-order valence-electron chi connectivity index (χ0n) is 12.0. The molecule has 1 saturated carbocycles. The van der Waals surface area contributed by atoms with Gasteiger partial charge in [-0.15, -0.1) is 0 Å². The van der Waals surface area contributed by atoms with Crippen LogP contribution in [0.15, 0.2) is 0 Å². The Balaban J connectivity index is 1.80. The molecule has 2 heteroatoms. The molecule has 2 aliphatic rings. The fraction of sp³-hybridized carbons (Fsp3) is 1.00. The van der Waals surface area contributed by atoms with Gasteiger partial charge in [0.05, 0.1) is 0 Å². The van der Waals surface area contributed by atoms with Gasteiger partial charge in [0, 0.05) is 19.1 Å². The molecule has 1 N–H and O–H groups in total. The van der Waals surface area contributed by atoms with E-state index in [0.717, 1.165) is 18.5 Å².